The van der Waals surface area contributed by atoms with E-state index in [-0.39, 0.29) is 4.90 Å². The number of nitrogens with one attached hydrogen (secondary N) is 1. The molecule has 1 N–H and O–H groups in total. The zero-order valence-corrected chi connectivity index (χ0v) is 17.5. The maximum absolute atomic E-state index is 11.9. The Bertz CT molecular complexity index is 1570. The van der Waals surface area contributed by atoms with Crippen LogP contribution in [0.1, 0.15) is 6.42 Å². The molecular weight excluding hydrogens is 412 g/mol. The third kappa shape index (κ3) is 3.27. The molecule has 0 unspecified atom stereocenters. The predicted molar refractivity (Wildman–Crippen MR) is 117 cm³/mol. The number of pyridine rings is 1. The van der Waals surface area contributed by atoms with Gasteiger partial charge in [-0.25, -0.2) is 13.4 Å². The van der Waals surface area contributed by atoms with Gasteiger partial charge in [0.25, 0.3) is 0 Å². The minimum absolute atomic E-state index is 0.276. The van der Waals surface area contributed by atoms with Crippen molar-refractivity contribution in [2.45, 2.75) is 17.9 Å². The highest BCUT2D eigenvalue weighted by Crippen LogP contribution is 2.35. The van der Waals surface area contributed by atoms with Gasteiger partial charge in [-0.2, -0.15) is 10.4 Å². The first-order valence-corrected chi connectivity index (χ1v) is 11.5. The van der Waals surface area contributed by atoms with E-state index in [0.29, 0.717) is 13.0 Å². The second-order valence-electron chi connectivity index (χ2n) is 7.33. The molecule has 0 radical (unpaired) electrons. The molecule has 0 bridgehead atoms. The van der Waals surface area contributed by atoms with Crippen LogP contribution in [-0.2, 0) is 16.4 Å². The van der Waals surface area contributed by atoms with Crippen molar-refractivity contribution in [3.63, 3.8) is 0 Å². The second-order valence-corrected chi connectivity index (χ2v) is 9.35. The maximum atomic E-state index is 11.9. The fourth-order valence-electron chi connectivity index (χ4n) is 3.81. The van der Waals surface area contributed by atoms with E-state index in [1.165, 1.54) is 6.26 Å². The van der Waals surface area contributed by atoms with Crippen LogP contribution in [0.2, 0.25) is 0 Å². The molecule has 154 valence electrons. The lowest BCUT2D eigenvalue weighted by Crippen LogP contribution is -1.99. The summed E-state index contributed by atoms with van der Waals surface area (Å²) in [6, 6.07) is 13.0. The monoisotopic (exact) mass is 430 g/mol. The quantitative estimate of drug-likeness (QED) is 0.457. The van der Waals surface area contributed by atoms with E-state index < -0.39 is 9.84 Å². The molecule has 0 amide bonds. The smallest absolute Gasteiger partial charge is 0.175 e. The van der Waals surface area contributed by atoms with E-state index in [0.717, 1.165) is 38.9 Å². The number of aromatic amines is 1. The average Bonchev–Trinajstić information content (AvgIpc) is 3.48. The van der Waals surface area contributed by atoms with Gasteiger partial charge in [0.15, 0.2) is 9.84 Å². The summed E-state index contributed by atoms with van der Waals surface area (Å²) >= 11 is 0. The largest absolute Gasteiger partial charge is 0.346 e. The molecule has 0 fully saturated rings. The van der Waals surface area contributed by atoms with Crippen molar-refractivity contribution in [1.82, 2.24) is 24.3 Å². The minimum Gasteiger partial charge on any atom is -0.346 e. The zero-order chi connectivity index (χ0) is 21.6. The van der Waals surface area contributed by atoms with Gasteiger partial charge in [0.2, 0.25) is 0 Å². The number of sulfone groups is 1. The molecule has 0 spiro atoms. The van der Waals surface area contributed by atoms with Crippen LogP contribution in [0.25, 0.3) is 38.9 Å². The van der Waals surface area contributed by atoms with Gasteiger partial charge in [0, 0.05) is 35.6 Å². The first-order chi connectivity index (χ1) is 15.0. The predicted octanol–water partition coefficient (Wildman–Crippen LogP) is 3.69. The van der Waals surface area contributed by atoms with Crippen LogP contribution in [0.4, 0.5) is 0 Å². The summed E-state index contributed by atoms with van der Waals surface area (Å²) in [5.74, 6) is 0. The van der Waals surface area contributed by atoms with Gasteiger partial charge < -0.3 is 9.55 Å². The van der Waals surface area contributed by atoms with Gasteiger partial charge in [-0.3, -0.25) is 4.68 Å². The molecule has 0 aliphatic heterocycles. The number of nitriles is 1. The molecule has 0 aliphatic rings. The standard InChI is InChI=1S/C22H18N6O2S/c1-31(29,30)18-5-3-15(4-6-18)20-11-16-12-25-22-19(7-9-24-22)21(16)28(20)17-13-26-27(14-17)10-2-8-23/h3-7,9,11-14H,2,10H2,1H3,(H,24,25). The first kappa shape index (κ1) is 19.1. The molecule has 9 heteroatoms. The molecule has 4 aromatic heterocycles. The van der Waals surface area contributed by atoms with Crippen molar-refractivity contribution < 1.29 is 8.42 Å². The van der Waals surface area contributed by atoms with Gasteiger partial charge in [-0.05, 0) is 29.8 Å². The van der Waals surface area contributed by atoms with Gasteiger partial charge in [0.1, 0.15) is 5.65 Å². The number of H-pyrrole nitrogens is 1. The van der Waals surface area contributed by atoms with Crippen molar-refractivity contribution >= 4 is 31.8 Å². The van der Waals surface area contributed by atoms with E-state index >= 15 is 0 Å². The van der Waals surface area contributed by atoms with E-state index in [9.17, 15) is 8.42 Å². The van der Waals surface area contributed by atoms with Crippen LogP contribution in [0.15, 0.2) is 66.1 Å². The number of hydrogen-bond acceptors (Lipinski definition) is 5. The Hall–Kier alpha value is -3.90. The summed E-state index contributed by atoms with van der Waals surface area (Å²) in [4.78, 5) is 7.92. The first-order valence-electron chi connectivity index (χ1n) is 9.63. The van der Waals surface area contributed by atoms with Gasteiger partial charge >= 0.3 is 0 Å². The lowest BCUT2D eigenvalue weighted by atomic mass is 10.1. The topological polar surface area (TPSA) is 109 Å². The normalized spacial score (nSPS) is 11.9. The Morgan fingerprint density at radius 2 is 1.97 bits per heavy atom. The van der Waals surface area contributed by atoms with E-state index in [2.05, 4.69) is 25.7 Å². The van der Waals surface area contributed by atoms with Crippen LogP contribution in [0, 0.1) is 11.3 Å². The molecule has 4 heterocycles. The van der Waals surface area contributed by atoms with Crippen LogP contribution >= 0.6 is 0 Å². The van der Waals surface area contributed by atoms with Crippen molar-refractivity contribution in [3.8, 4) is 23.0 Å². The average molecular weight is 430 g/mol. The minimum atomic E-state index is -3.28. The van der Waals surface area contributed by atoms with Crippen molar-refractivity contribution in [2.75, 3.05) is 6.26 Å². The molecule has 8 nitrogen and oxygen atoms in total. The fourth-order valence-corrected chi connectivity index (χ4v) is 4.44. The SMILES string of the molecule is CS(=O)(=O)c1ccc(-c2cc3cnc4[nH]ccc4c3n2-c2cnn(CCC#N)c2)cc1. The number of aromatic nitrogens is 5. The van der Waals surface area contributed by atoms with Crippen LogP contribution < -0.4 is 0 Å². The highest BCUT2D eigenvalue weighted by Gasteiger charge is 2.18. The number of fused-ring (bicyclic) bond motifs is 3. The fraction of sp³-hybridized carbons (Fsp3) is 0.136. The number of hydrogen-bond donors (Lipinski definition) is 1. The summed E-state index contributed by atoms with van der Waals surface area (Å²) in [5, 5.41) is 15.2. The van der Waals surface area contributed by atoms with Crippen LogP contribution in [0.3, 0.4) is 0 Å². The Kier molecular flexibility index (Phi) is 4.38. The zero-order valence-electron chi connectivity index (χ0n) is 16.6. The number of aryl methyl sites for hydroxylation is 1. The highest BCUT2D eigenvalue weighted by molar-refractivity contribution is 7.90. The molecule has 0 aliphatic carbocycles. The van der Waals surface area contributed by atoms with Gasteiger partial charge in [0.05, 0.1) is 47.0 Å². The Labute approximate surface area is 178 Å². The molecule has 5 aromatic rings. The summed E-state index contributed by atoms with van der Waals surface area (Å²) in [7, 11) is -3.28. The summed E-state index contributed by atoms with van der Waals surface area (Å²) in [6.07, 6.45) is 8.92. The van der Waals surface area contributed by atoms with Crippen LogP contribution in [0.5, 0.6) is 0 Å². The molecule has 0 saturated carbocycles. The molecule has 1 aromatic carbocycles. The summed E-state index contributed by atoms with van der Waals surface area (Å²) in [6.45, 7) is 0.509. The third-order valence-corrected chi connectivity index (χ3v) is 6.38. The Morgan fingerprint density at radius 1 is 1.16 bits per heavy atom. The van der Waals surface area contributed by atoms with Crippen molar-refractivity contribution in [3.05, 3.63) is 61.2 Å². The van der Waals surface area contributed by atoms with E-state index in [4.69, 9.17) is 5.26 Å². The molecule has 31 heavy (non-hydrogen) atoms. The summed E-state index contributed by atoms with van der Waals surface area (Å²) in [5.41, 5.74) is 4.38. The van der Waals surface area contributed by atoms with E-state index in [1.807, 2.05) is 42.9 Å². The molecule has 5 rings (SSSR count). The van der Waals surface area contributed by atoms with Crippen molar-refractivity contribution in [2.24, 2.45) is 0 Å². The summed E-state index contributed by atoms with van der Waals surface area (Å²) < 4.78 is 27.6. The third-order valence-electron chi connectivity index (χ3n) is 5.25. The molecule has 0 atom stereocenters. The Morgan fingerprint density at radius 3 is 2.71 bits per heavy atom. The number of rotatable bonds is 5. The second kappa shape index (κ2) is 7.11. The lowest BCUT2D eigenvalue weighted by Gasteiger charge is -2.10. The van der Waals surface area contributed by atoms with Crippen LogP contribution in [-0.4, -0.2) is 39.0 Å². The van der Waals surface area contributed by atoms with Gasteiger partial charge in [-0.1, -0.05) is 12.1 Å². The van der Waals surface area contributed by atoms with Gasteiger partial charge in [-0.15, -0.1) is 0 Å². The highest BCUT2D eigenvalue weighted by atomic mass is 32.2. The number of nitrogens with zero attached hydrogens (tertiary/aromatic N) is 5. The number of benzene rings is 1. The molecule has 0 saturated heterocycles. The lowest BCUT2D eigenvalue weighted by molar-refractivity contribution is 0.602. The Balaban J connectivity index is 1.76. The molecular formula is C22H18N6O2S. The maximum Gasteiger partial charge on any atom is 0.175 e. The van der Waals surface area contributed by atoms with Crippen molar-refractivity contribution in [1.29, 1.82) is 5.26 Å². The van der Waals surface area contributed by atoms with E-state index in [1.54, 1.807) is 23.0 Å².